The summed E-state index contributed by atoms with van der Waals surface area (Å²) in [6.07, 6.45) is 0.475. The maximum absolute atomic E-state index is 11.2. The molecule has 12 heavy (non-hydrogen) atoms. The molecule has 2 unspecified atom stereocenters. The summed E-state index contributed by atoms with van der Waals surface area (Å²) < 4.78 is 0. The van der Waals surface area contributed by atoms with E-state index in [-0.39, 0.29) is 12.0 Å². The van der Waals surface area contributed by atoms with E-state index in [1.54, 1.807) is 4.90 Å². The molecule has 1 saturated heterocycles. The standard InChI is InChI=1S/C8H14BrNO2/c1-6-2-7(11)5-10(4-6)8(12)3-9/h6-7,11H,2-5H2,1H3. The van der Waals surface area contributed by atoms with Crippen LogP contribution in [-0.4, -0.2) is 40.4 Å². The Bertz CT molecular complexity index is 164. The van der Waals surface area contributed by atoms with Crippen molar-refractivity contribution in [3.8, 4) is 0 Å². The van der Waals surface area contributed by atoms with Crippen molar-refractivity contribution in [2.45, 2.75) is 19.4 Å². The van der Waals surface area contributed by atoms with Gasteiger partial charge in [-0.25, -0.2) is 0 Å². The van der Waals surface area contributed by atoms with E-state index in [1.165, 1.54) is 0 Å². The number of piperidine rings is 1. The molecule has 1 aliphatic heterocycles. The number of aliphatic hydroxyl groups is 1. The maximum Gasteiger partial charge on any atom is 0.233 e. The predicted octanol–water partition coefficient (Wildman–Crippen LogP) is 0.611. The molecule has 0 aromatic heterocycles. The van der Waals surface area contributed by atoms with E-state index in [9.17, 15) is 9.90 Å². The molecule has 2 atom stereocenters. The van der Waals surface area contributed by atoms with Crippen LogP contribution in [0.15, 0.2) is 0 Å². The van der Waals surface area contributed by atoms with Gasteiger partial charge in [0.25, 0.3) is 0 Å². The average Bonchev–Trinajstić information content (AvgIpc) is 2.01. The molecule has 1 aliphatic rings. The monoisotopic (exact) mass is 235 g/mol. The molecule has 0 aliphatic carbocycles. The molecule has 0 saturated carbocycles. The molecule has 4 heteroatoms. The summed E-state index contributed by atoms with van der Waals surface area (Å²) in [6.45, 7) is 3.33. The van der Waals surface area contributed by atoms with Crippen LogP contribution in [0.5, 0.6) is 0 Å². The third-order valence-electron chi connectivity index (χ3n) is 2.10. The Hall–Kier alpha value is -0.0900. The Morgan fingerprint density at radius 1 is 1.67 bits per heavy atom. The van der Waals surface area contributed by atoms with Crippen LogP contribution in [0, 0.1) is 5.92 Å². The van der Waals surface area contributed by atoms with Crippen LogP contribution in [0.4, 0.5) is 0 Å². The van der Waals surface area contributed by atoms with Gasteiger partial charge in [-0.15, -0.1) is 0 Å². The summed E-state index contributed by atoms with van der Waals surface area (Å²) >= 11 is 3.12. The van der Waals surface area contributed by atoms with Crippen LogP contribution in [0.3, 0.4) is 0 Å². The molecule has 0 radical (unpaired) electrons. The van der Waals surface area contributed by atoms with Gasteiger partial charge in [0, 0.05) is 13.1 Å². The van der Waals surface area contributed by atoms with Gasteiger partial charge in [0.1, 0.15) is 0 Å². The highest BCUT2D eigenvalue weighted by Crippen LogP contribution is 2.16. The summed E-state index contributed by atoms with van der Waals surface area (Å²) in [5.41, 5.74) is 0. The number of hydrogen-bond acceptors (Lipinski definition) is 2. The van der Waals surface area contributed by atoms with Gasteiger partial charge in [-0.2, -0.15) is 0 Å². The van der Waals surface area contributed by atoms with Crippen molar-refractivity contribution in [3.05, 3.63) is 0 Å². The number of hydrogen-bond donors (Lipinski definition) is 1. The van der Waals surface area contributed by atoms with Crippen LogP contribution >= 0.6 is 15.9 Å². The highest BCUT2D eigenvalue weighted by molar-refractivity contribution is 9.09. The minimum Gasteiger partial charge on any atom is -0.391 e. The topological polar surface area (TPSA) is 40.5 Å². The quantitative estimate of drug-likeness (QED) is 0.677. The largest absolute Gasteiger partial charge is 0.391 e. The second kappa shape index (κ2) is 4.23. The Kier molecular flexibility index (Phi) is 3.53. The molecule has 3 nitrogen and oxygen atoms in total. The van der Waals surface area contributed by atoms with Gasteiger partial charge >= 0.3 is 0 Å². The summed E-state index contributed by atoms with van der Waals surface area (Å²) in [7, 11) is 0. The molecule has 0 spiro atoms. The highest BCUT2D eigenvalue weighted by Gasteiger charge is 2.25. The second-order valence-corrected chi connectivity index (χ2v) is 3.99. The fourth-order valence-electron chi connectivity index (χ4n) is 1.61. The van der Waals surface area contributed by atoms with Crippen molar-refractivity contribution in [2.75, 3.05) is 18.4 Å². The normalized spacial score (nSPS) is 30.4. The van der Waals surface area contributed by atoms with Gasteiger partial charge in [-0.3, -0.25) is 4.79 Å². The second-order valence-electron chi connectivity index (χ2n) is 3.43. The van der Waals surface area contributed by atoms with Crippen molar-refractivity contribution in [3.63, 3.8) is 0 Å². The SMILES string of the molecule is CC1CC(O)CN(C(=O)CBr)C1. The number of carbonyl (C=O) groups is 1. The van der Waals surface area contributed by atoms with Crippen molar-refractivity contribution >= 4 is 21.8 Å². The van der Waals surface area contributed by atoms with Crippen LogP contribution in [0.25, 0.3) is 0 Å². The van der Waals surface area contributed by atoms with Gasteiger partial charge in [0.2, 0.25) is 5.91 Å². The van der Waals surface area contributed by atoms with Gasteiger partial charge in [-0.05, 0) is 12.3 Å². The van der Waals surface area contributed by atoms with E-state index in [4.69, 9.17) is 0 Å². The van der Waals surface area contributed by atoms with Crippen molar-refractivity contribution in [2.24, 2.45) is 5.92 Å². The lowest BCUT2D eigenvalue weighted by atomic mass is 9.98. The highest BCUT2D eigenvalue weighted by atomic mass is 79.9. The summed E-state index contributed by atoms with van der Waals surface area (Å²) in [5, 5.41) is 9.74. The molecule has 1 amide bonds. The van der Waals surface area contributed by atoms with Gasteiger partial charge in [0.05, 0.1) is 11.4 Å². The van der Waals surface area contributed by atoms with Crippen LogP contribution < -0.4 is 0 Å². The third-order valence-corrected chi connectivity index (χ3v) is 2.58. The summed E-state index contributed by atoms with van der Waals surface area (Å²) in [4.78, 5) is 12.9. The molecular formula is C8H14BrNO2. The van der Waals surface area contributed by atoms with Crippen molar-refractivity contribution in [1.82, 2.24) is 4.90 Å². The Morgan fingerprint density at radius 2 is 2.33 bits per heavy atom. The molecule has 0 bridgehead atoms. The number of rotatable bonds is 1. The zero-order chi connectivity index (χ0) is 9.14. The van der Waals surface area contributed by atoms with E-state index in [0.29, 0.717) is 17.8 Å². The van der Waals surface area contributed by atoms with Gasteiger partial charge in [-0.1, -0.05) is 22.9 Å². The van der Waals surface area contributed by atoms with Crippen LogP contribution in [0.2, 0.25) is 0 Å². The predicted molar refractivity (Wildman–Crippen MR) is 50.2 cm³/mol. The van der Waals surface area contributed by atoms with Crippen LogP contribution in [0.1, 0.15) is 13.3 Å². The maximum atomic E-state index is 11.2. The molecule has 0 aromatic rings. The molecule has 70 valence electrons. The molecular weight excluding hydrogens is 222 g/mol. The first-order valence-corrected chi connectivity index (χ1v) is 5.27. The lowest BCUT2D eigenvalue weighted by molar-refractivity contribution is -0.132. The number of amides is 1. The minimum atomic E-state index is -0.336. The first kappa shape index (κ1) is 9.99. The molecule has 1 rings (SSSR count). The third kappa shape index (κ3) is 2.45. The van der Waals surface area contributed by atoms with E-state index >= 15 is 0 Å². The Morgan fingerprint density at radius 3 is 2.83 bits per heavy atom. The Labute approximate surface area is 80.9 Å². The average molecular weight is 236 g/mol. The minimum absolute atomic E-state index is 0.0700. The lowest BCUT2D eigenvalue weighted by Crippen LogP contribution is -2.46. The number of aliphatic hydroxyl groups excluding tert-OH is 1. The van der Waals surface area contributed by atoms with E-state index in [2.05, 4.69) is 22.9 Å². The zero-order valence-corrected chi connectivity index (χ0v) is 8.75. The van der Waals surface area contributed by atoms with Crippen LogP contribution in [-0.2, 0) is 4.79 Å². The number of halogens is 1. The van der Waals surface area contributed by atoms with E-state index in [0.717, 1.165) is 13.0 Å². The lowest BCUT2D eigenvalue weighted by Gasteiger charge is -2.33. The number of nitrogens with zero attached hydrogens (tertiary/aromatic N) is 1. The summed E-state index contributed by atoms with van der Waals surface area (Å²) in [5.74, 6) is 0.484. The smallest absolute Gasteiger partial charge is 0.233 e. The number of carbonyl (C=O) groups excluding carboxylic acids is 1. The van der Waals surface area contributed by atoms with E-state index < -0.39 is 0 Å². The Balaban J connectivity index is 2.49. The number of likely N-dealkylation sites (tertiary alicyclic amines) is 1. The summed E-state index contributed by atoms with van der Waals surface area (Å²) in [6, 6.07) is 0. The number of alkyl halides is 1. The number of β-amino-alcohol motifs (C(OH)–C–C–N with tert-alkyl or cyclic N) is 1. The van der Waals surface area contributed by atoms with Gasteiger partial charge < -0.3 is 10.0 Å². The fourth-order valence-corrected chi connectivity index (χ4v) is 1.96. The van der Waals surface area contributed by atoms with E-state index in [1.807, 2.05) is 0 Å². The molecule has 0 aromatic carbocycles. The molecule has 1 N–H and O–H groups in total. The molecule has 1 fully saturated rings. The first-order valence-electron chi connectivity index (χ1n) is 4.15. The van der Waals surface area contributed by atoms with Crippen molar-refractivity contribution in [1.29, 1.82) is 0 Å². The fraction of sp³-hybridized carbons (Fsp3) is 0.875. The zero-order valence-electron chi connectivity index (χ0n) is 7.16. The molecule has 1 heterocycles. The van der Waals surface area contributed by atoms with Gasteiger partial charge in [0.15, 0.2) is 0 Å². The first-order chi connectivity index (χ1) is 5.63. The van der Waals surface area contributed by atoms with Crippen molar-refractivity contribution < 1.29 is 9.90 Å².